The maximum absolute atomic E-state index is 10.5. The second-order valence-corrected chi connectivity index (χ2v) is 5.63. The van der Waals surface area contributed by atoms with E-state index in [0.717, 1.165) is 6.42 Å². The minimum Gasteiger partial charge on any atom is -0.481 e. The summed E-state index contributed by atoms with van der Waals surface area (Å²) < 4.78 is 0. The highest BCUT2D eigenvalue weighted by Gasteiger charge is 2.19. The Morgan fingerprint density at radius 1 is 1.17 bits per heavy atom. The van der Waals surface area contributed by atoms with E-state index in [4.69, 9.17) is 5.11 Å². The molecule has 1 N–H and O–H groups in total. The molecule has 0 amide bonds. The van der Waals surface area contributed by atoms with Gasteiger partial charge in [-0.15, -0.1) is 0 Å². The van der Waals surface area contributed by atoms with Crippen molar-refractivity contribution in [2.45, 2.75) is 64.7 Å². The second kappa shape index (κ2) is 9.37. The van der Waals surface area contributed by atoms with Crippen molar-refractivity contribution in [2.75, 3.05) is 19.6 Å². The lowest BCUT2D eigenvalue weighted by Gasteiger charge is -2.31. The fourth-order valence-electron chi connectivity index (χ4n) is 2.77. The van der Waals surface area contributed by atoms with Crippen molar-refractivity contribution in [3.8, 4) is 0 Å². The summed E-state index contributed by atoms with van der Waals surface area (Å²) in [5.41, 5.74) is 0. The molecule has 0 bridgehead atoms. The fraction of sp³-hybridized carbons (Fsp3) is 0.933. The molecule has 0 saturated carbocycles. The molecule has 0 atom stereocenters. The van der Waals surface area contributed by atoms with Crippen LogP contribution in [0.1, 0.15) is 64.7 Å². The SMILES string of the molecule is CCCCCCCN1CCC(CCC(=O)O)CC1. The lowest BCUT2D eigenvalue weighted by atomic mass is 9.92. The largest absolute Gasteiger partial charge is 0.481 e. The molecule has 3 nitrogen and oxygen atoms in total. The van der Waals surface area contributed by atoms with Crippen LogP contribution < -0.4 is 0 Å². The van der Waals surface area contributed by atoms with E-state index in [-0.39, 0.29) is 0 Å². The van der Waals surface area contributed by atoms with E-state index < -0.39 is 5.97 Å². The molecule has 3 heteroatoms. The highest BCUT2D eigenvalue weighted by Crippen LogP contribution is 2.22. The van der Waals surface area contributed by atoms with E-state index in [0.29, 0.717) is 12.3 Å². The van der Waals surface area contributed by atoms with Gasteiger partial charge >= 0.3 is 5.97 Å². The Morgan fingerprint density at radius 3 is 2.44 bits per heavy atom. The van der Waals surface area contributed by atoms with Crippen LogP contribution in [-0.4, -0.2) is 35.6 Å². The van der Waals surface area contributed by atoms with Crippen molar-refractivity contribution < 1.29 is 9.90 Å². The van der Waals surface area contributed by atoms with Gasteiger partial charge in [-0.25, -0.2) is 0 Å². The van der Waals surface area contributed by atoms with Crippen molar-refractivity contribution in [1.29, 1.82) is 0 Å². The minimum absolute atomic E-state index is 0.349. The summed E-state index contributed by atoms with van der Waals surface area (Å²) >= 11 is 0. The Balaban J connectivity index is 1.99. The number of piperidine rings is 1. The van der Waals surface area contributed by atoms with Gasteiger partial charge in [-0.3, -0.25) is 4.79 Å². The minimum atomic E-state index is -0.645. The van der Waals surface area contributed by atoms with E-state index in [9.17, 15) is 4.79 Å². The highest BCUT2D eigenvalue weighted by atomic mass is 16.4. The maximum atomic E-state index is 10.5. The number of unbranched alkanes of at least 4 members (excludes halogenated alkanes) is 4. The number of carboxylic acid groups (broad SMARTS) is 1. The zero-order chi connectivity index (χ0) is 13.2. The number of hydrogen-bond donors (Lipinski definition) is 1. The van der Waals surface area contributed by atoms with Gasteiger partial charge in [0.1, 0.15) is 0 Å². The summed E-state index contributed by atoms with van der Waals surface area (Å²) in [6.45, 7) is 5.85. The van der Waals surface area contributed by atoms with Crippen LogP contribution in [-0.2, 0) is 4.79 Å². The highest BCUT2D eigenvalue weighted by molar-refractivity contribution is 5.66. The first-order valence-corrected chi connectivity index (χ1v) is 7.66. The third kappa shape index (κ3) is 7.00. The van der Waals surface area contributed by atoms with Gasteiger partial charge in [0.25, 0.3) is 0 Å². The lowest BCUT2D eigenvalue weighted by molar-refractivity contribution is -0.137. The molecule has 0 radical (unpaired) electrons. The number of likely N-dealkylation sites (tertiary alicyclic amines) is 1. The van der Waals surface area contributed by atoms with Gasteiger partial charge in [0.15, 0.2) is 0 Å². The van der Waals surface area contributed by atoms with Crippen LogP contribution in [0.3, 0.4) is 0 Å². The first-order chi connectivity index (χ1) is 8.72. The van der Waals surface area contributed by atoms with Gasteiger partial charge in [-0.2, -0.15) is 0 Å². The van der Waals surface area contributed by atoms with Crippen molar-refractivity contribution in [3.63, 3.8) is 0 Å². The number of carboxylic acids is 1. The Labute approximate surface area is 112 Å². The number of carbonyl (C=O) groups is 1. The molecule has 1 aliphatic rings. The standard InChI is InChI=1S/C15H29NO2/c1-2-3-4-5-6-11-16-12-9-14(10-13-16)7-8-15(17)18/h14H,2-13H2,1H3,(H,17,18). The molecule has 106 valence electrons. The topological polar surface area (TPSA) is 40.5 Å². The van der Waals surface area contributed by atoms with E-state index in [1.807, 2.05) is 0 Å². The van der Waals surface area contributed by atoms with E-state index in [2.05, 4.69) is 11.8 Å². The fourth-order valence-corrected chi connectivity index (χ4v) is 2.77. The molecule has 0 aliphatic carbocycles. The van der Waals surface area contributed by atoms with Gasteiger partial charge in [0.05, 0.1) is 0 Å². The van der Waals surface area contributed by atoms with Gasteiger partial charge in [0, 0.05) is 6.42 Å². The Bertz CT molecular complexity index is 223. The molecule has 1 rings (SSSR count). The quantitative estimate of drug-likeness (QED) is 0.641. The van der Waals surface area contributed by atoms with Gasteiger partial charge < -0.3 is 10.0 Å². The molecule has 0 unspecified atom stereocenters. The molecule has 1 heterocycles. The van der Waals surface area contributed by atoms with Crippen LogP contribution in [0.4, 0.5) is 0 Å². The number of aliphatic carboxylic acids is 1. The smallest absolute Gasteiger partial charge is 0.303 e. The zero-order valence-corrected chi connectivity index (χ0v) is 11.9. The van der Waals surface area contributed by atoms with Crippen molar-refractivity contribution in [3.05, 3.63) is 0 Å². The maximum Gasteiger partial charge on any atom is 0.303 e. The third-order valence-corrected chi connectivity index (χ3v) is 4.05. The van der Waals surface area contributed by atoms with E-state index >= 15 is 0 Å². The second-order valence-electron chi connectivity index (χ2n) is 5.63. The molecule has 1 fully saturated rings. The first-order valence-electron chi connectivity index (χ1n) is 7.66. The molecule has 1 aliphatic heterocycles. The molecular weight excluding hydrogens is 226 g/mol. The van der Waals surface area contributed by atoms with E-state index in [1.165, 1.54) is 64.6 Å². The van der Waals surface area contributed by atoms with Crippen LogP contribution in [0.5, 0.6) is 0 Å². The molecule has 0 aromatic carbocycles. The normalized spacial score (nSPS) is 18.1. The van der Waals surface area contributed by atoms with Crippen molar-refractivity contribution in [2.24, 2.45) is 5.92 Å². The van der Waals surface area contributed by atoms with Crippen LogP contribution >= 0.6 is 0 Å². The monoisotopic (exact) mass is 255 g/mol. The lowest BCUT2D eigenvalue weighted by Crippen LogP contribution is -2.34. The van der Waals surface area contributed by atoms with Crippen molar-refractivity contribution in [1.82, 2.24) is 4.90 Å². The summed E-state index contributed by atoms with van der Waals surface area (Å²) in [4.78, 5) is 13.1. The summed E-state index contributed by atoms with van der Waals surface area (Å²) in [6, 6.07) is 0. The molecule has 0 aromatic rings. The van der Waals surface area contributed by atoms with Gasteiger partial charge in [-0.05, 0) is 51.2 Å². The molecule has 18 heavy (non-hydrogen) atoms. The number of nitrogens with zero attached hydrogens (tertiary/aromatic N) is 1. The molecule has 0 spiro atoms. The Hall–Kier alpha value is -0.570. The molecular formula is C15H29NO2. The van der Waals surface area contributed by atoms with Gasteiger partial charge in [-0.1, -0.05) is 32.6 Å². The Kier molecular flexibility index (Phi) is 8.06. The van der Waals surface area contributed by atoms with Crippen molar-refractivity contribution >= 4 is 5.97 Å². The summed E-state index contributed by atoms with van der Waals surface area (Å²) in [6.07, 6.45) is 10.4. The Morgan fingerprint density at radius 2 is 1.83 bits per heavy atom. The van der Waals surface area contributed by atoms with Crippen LogP contribution in [0.15, 0.2) is 0 Å². The first kappa shape index (κ1) is 15.5. The average molecular weight is 255 g/mol. The summed E-state index contributed by atoms with van der Waals surface area (Å²) in [5.74, 6) is 0.00537. The molecule has 1 saturated heterocycles. The molecule has 0 aromatic heterocycles. The van der Waals surface area contributed by atoms with Crippen LogP contribution in [0.25, 0.3) is 0 Å². The van der Waals surface area contributed by atoms with Crippen LogP contribution in [0.2, 0.25) is 0 Å². The summed E-state index contributed by atoms with van der Waals surface area (Å²) in [5, 5.41) is 8.67. The average Bonchev–Trinajstić information content (AvgIpc) is 2.37. The predicted molar refractivity (Wildman–Crippen MR) is 74.8 cm³/mol. The van der Waals surface area contributed by atoms with Gasteiger partial charge in [0.2, 0.25) is 0 Å². The summed E-state index contributed by atoms with van der Waals surface area (Å²) in [7, 11) is 0. The third-order valence-electron chi connectivity index (χ3n) is 4.05. The zero-order valence-electron chi connectivity index (χ0n) is 11.9. The van der Waals surface area contributed by atoms with E-state index in [1.54, 1.807) is 0 Å². The number of hydrogen-bond acceptors (Lipinski definition) is 2. The predicted octanol–water partition coefficient (Wildman–Crippen LogP) is 3.53. The van der Waals surface area contributed by atoms with Crippen LogP contribution in [0, 0.1) is 5.92 Å². The number of rotatable bonds is 9.